The van der Waals surface area contributed by atoms with Crippen LogP contribution in [0.2, 0.25) is 0 Å². The zero-order valence-electron chi connectivity index (χ0n) is 16.6. The minimum atomic E-state index is 0.0617. The molecule has 1 fully saturated rings. The van der Waals surface area contributed by atoms with E-state index in [0.717, 1.165) is 64.2 Å². The molecule has 7 heteroatoms. The first-order valence-corrected chi connectivity index (χ1v) is 10.9. The van der Waals surface area contributed by atoms with E-state index < -0.39 is 0 Å². The number of H-pyrrole nitrogens is 1. The first-order chi connectivity index (χ1) is 13.8. The lowest BCUT2D eigenvalue weighted by atomic mass is 9.97. The number of fused-ring (bicyclic) bond motifs is 2. The Morgan fingerprint density at radius 3 is 2.64 bits per heavy atom. The Kier molecular flexibility index (Phi) is 5.03. The average Bonchev–Trinajstić information content (AvgIpc) is 3.33. The predicted octanol–water partition coefficient (Wildman–Crippen LogP) is 1.15. The van der Waals surface area contributed by atoms with E-state index in [1.165, 1.54) is 48.2 Å². The van der Waals surface area contributed by atoms with Gasteiger partial charge in [-0.2, -0.15) is 10.2 Å². The standard InChI is InChI=1S/C21H30N6O/c28-21-14-16-4-1-2-6-18(16)24-27(21)13-12-25-8-10-26(11-9-25)15-20-17-5-3-7-19(17)22-23-20/h14H,1-13,15H2,(H,22,23). The second-order valence-electron chi connectivity index (χ2n) is 8.48. The summed E-state index contributed by atoms with van der Waals surface area (Å²) in [5, 5.41) is 12.4. The highest BCUT2D eigenvalue weighted by atomic mass is 16.1. The summed E-state index contributed by atoms with van der Waals surface area (Å²) < 4.78 is 1.68. The molecule has 0 aromatic carbocycles. The van der Waals surface area contributed by atoms with E-state index in [1.807, 2.05) is 6.07 Å². The van der Waals surface area contributed by atoms with Crippen molar-refractivity contribution in [2.45, 2.75) is 58.0 Å². The van der Waals surface area contributed by atoms with Crippen LogP contribution in [0.1, 0.15) is 47.5 Å². The van der Waals surface area contributed by atoms with Crippen molar-refractivity contribution in [1.82, 2.24) is 29.8 Å². The van der Waals surface area contributed by atoms with Gasteiger partial charge in [0.25, 0.3) is 5.56 Å². The van der Waals surface area contributed by atoms with Crippen molar-refractivity contribution in [2.24, 2.45) is 0 Å². The summed E-state index contributed by atoms with van der Waals surface area (Å²) in [6, 6.07) is 1.82. The predicted molar refractivity (Wildman–Crippen MR) is 107 cm³/mol. The second-order valence-corrected chi connectivity index (χ2v) is 8.48. The Hall–Kier alpha value is -1.99. The van der Waals surface area contributed by atoms with Crippen molar-refractivity contribution in [3.05, 3.63) is 44.6 Å². The third-order valence-corrected chi connectivity index (χ3v) is 6.63. The number of hydrogen-bond acceptors (Lipinski definition) is 5. The molecular formula is C21H30N6O. The molecule has 0 amide bonds. The van der Waals surface area contributed by atoms with Crippen molar-refractivity contribution >= 4 is 0 Å². The van der Waals surface area contributed by atoms with Gasteiger partial charge in [-0.1, -0.05) is 0 Å². The molecule has 5 rings (SSSR count). The minimum absolute atomic E-state index is 0.0617. The minimum Gasteiger partial charge on any atom is -0.299 e. The molecule has 0 spiro atoms. The summed E-state index contributed by atoms with van der Waals surface area (Å²) in [7, 11) is 0. The molecule has 0 atom stereocenters. The molecule has 2 aliphatic carbocycles. The van der Waals surface area contributed by atoms with Crippen LogP contribution in [0.25, 0.3) is 0 Å². The molecule has 0 radical (unpaired) electrons. The highest BCUT2D eigenvalue weighted by molar-refractivity contribution is 5.29. The van der Waals surface area contributed by atoms with Crippen molar-refractivity contribution < 1.29 is 0 Å². The van der Waals surface area contributed by atoms with Gasteiger partial charge in [-0.3, -0.25) is 19.7 Å². The largest absolute Gasteiger partial charge is 0.299 e. The molecule has 150 valence electrons. The van der Waals surface area contributed by atoms with Crippen molar-refractivity contribution in [3.63, 3.8) is 0 Å². The first kappa shape index (κ1) is 18.1. The fourth-order valence-electron chi connectivity index (χ4n) is 4.90. The fourth-order valence-corrected chi connectivity index (χ4v) is 4.90. The zero-order valence-corrected chi connectivity index (χ0v) is 16.6. The van der Waals surface area contributed by atoms with E-state index >= 15 is 0 Å². The summed E-state index contributed by atoms with van der Waals surface area (Å²) in [4.78, 5) is 17.3. The molecule has 0 unspecified atom stereocenters. The van der Waals surface area contributed by atoms with Gasteiger partial charge in [0.15, 0.2) is 0 Å². The highest BCUT2D eigenvalue weighted by Gasteiger charge is 2.23. The molecule has 0 saturated carbocycles. The summed E-state index contributed by atoms with van der Waals surface area (Å²) in [6.45, 7) is 6.78. The summed E-state index contributed by atoms with van der Waals surface area (Å²) in [5.74, 6) is 0. The maximum Gasteiger partial charge on any atom is 0.267 e. The SMILES string of the molecule is O=c1cc2c(nn1CCN1CCN(Cc3n[nH]c4c3CCC4)CC1)CCCC2. The Bertz CT molecular complexity index is 893. The third kappa shape index (κ3) is 3.65. The average molecular weight is 383 g/mol. The fraction of sp³-hybridized carbons (Fsp3) is 0.667. The van der Waals surface area contributed by atoms with Crippen LogP contribution < -0.4 is 5.56 Å². The van der Waals surface area contributed by atoms with Crippen LogP contribution in [0.5, 0.6) is 0 Å². The number of aromatic nitrogens is 4. The topological polar surface area (TPSA) is 70.1 Å². The van der Waals surface area contributed by atoms with Gasteiger partial charge in [-0.25, -0.2) is 4.68 Å². The van der Waals surface area contributed by atoms with Crippen LogP contribution >= 0.6 is 0 Å². The Labute approximate surface area is 165 Å². The monoisotopic (exact) mass is 382 g/mol. The lowest BCUT2D eigenvalue weighted by molar-refractivity contribution is 0.121. The molecule has 2 aromatic rings. The van der Waals surface area contributed by atoms with Gasteiger partial charge < -0.3 is 0 Å². The van der Waals surface area contributed by atoms with Crippen molar-refractivity contribution in [1.29, 1.82) is 0 Å². The molecule has 1 aliphatic heterocycles. The van der Waals surface area contributed by atoms with Gasteiger partial charge in [0, 0.05) is 51.0 Å². The van der Waals surface area contributed by atoms with Crippen LogP contribution in [0.15, 0.2) is 10.9 Å². The molecular weight excluding hydrogens is 352 g/mol. The molecule has 3 heterocycles. The molecule has 7 nitrogen and oxygen atoms in total. The zero-order chi connectivity index (χ0) is 18.9. The molecule has 3 aliphatic rings. The lowest BCUT2D eigenvalue weighted by Crippen LogP contribution is -2.47. The van der Waals surface area contributed by atoms with Crippen LogP contribution in [0.4, 0.5) is 0 Å². The summed E-state index contributed by atoms with van der Waals surface area (Å²) in [5.41, 5.74) is 6.46. The molecule has 1 N–H and O–H groups in total. The number of piperazine rings is 1. The Balaban J connectivity index is 1.13. The third-order valence-electron chi connectivity index (χ3n) is 6.63. The molecule has 28 heavy (non-hydrogen) atoms. The summed E-state index contributed by atoms with van der Waals surface area (Å²) >= 11 is 0. The van der Waals surface area contributed by atoms with Gasteiger partial charge in [0.1, 0.15) is 0 Å². The van der Waals surface area contributed by atoms with E-state index in [-0.39, 0.29) is 5.56 Å². The van der Waals surface area contributed by atoms with E-state index in [4.69, 9.17) is 0 Å². The maximum atomic E-state index is 12.4. The lowest BCUT2D eigenvalue weighted by Gasteiger charge is -2.34. The number of aromatic amines is 1. The van der Waals surface area contributed by atoms with Gasteiger partial charge in [0.2, 0.25) is 0 Å². The van der Waals surface area contributed by atoms with E-state index in [1.54, 1.807) is 4.68 Å². The molecule has 2 aromatic heterocycles. The van der Waals surface area contributed by atoms with Crippen LogP contribution in [0.3, 0.4) is 0 Å². The molecule has 1 saturated heterocycles. The van der Waals surface area contributed by atoms with Crippen LogP contribution in [-0.4, -0.2) is 62.5 Å². The Morgan fingerprint density at radius 2 is 1.75 bits per heavy atom. The van der Waals surface area contributed by atoms with Crippen LogP contribution in [0, 0.1) is 0 Å². The smallest absolute Gasteiger partial charge is 0.267 e. The number of aryl methyl sites for hydroxylation is 3. The summed E-state index contributed by atoms with van der Waals surface area (Å²) in [6.07, 6.45) is 8.02. The van der Waals surface area contributed by atoms with Gasteiger partial charge in [-0.05, 0) is 56.1 Å². The second kappa shape index (κ2) is 7.79. The normalized spacial score (nSPS) is 20.3. The number of nitrogens with one attached hydrogen (secondary N) is 1. The number of nitrogens with zero attached hydrogens (tertiary/aromatic N) is 5. The number of rotatable bonds is 5. The van der Waals surface area contributed by atoms with E-state index in [0.29, 0.717) is 6.54 Å². The molecule has 0 bridgehead atoms. The van der Waals surface area contributed by atoms with Gasteiger partial charge in [0.05, 0.1) is 17.9 Å². The number of hydrogen-bond donors (Lipinski definition) is 1. The van der Waals surface area contributed by atoms with Crippen molar-refractivity contribution in [3.8, 4) is 0 Å². The Morgan fingerprint density at radius 1 is 0.929 bits per heavy atom. The van der Waals surface area contributed by atoms with Gasteiger partial charge >= 0.3 is 0 Å². The highest BCUT2D eigenvalue weighted by Crippen LogP contribution is 2.24. The van der Waals surface area contributed by atoms with E-state index in [2.05, 4.69) is 25.1 Å². The first-order valence-electron chi connectivity index (χ1n) is 10.9. The van der Waals surface area contributed by atoms with Crippen molar-refractivity contribution in [2.75, 3.05) is 32.7 Å². The van der Waals surface area contributed by atoms with Crippen LogP contribution in [-0.2, 0) is 38.8 Å². The quantitative estimate of drug-likeness (QED) is 0.840. The van der Waals surface area contributed by atoms with E-state index in [9.17, 15) is 4.79 Å². The van der Waals surface area contributed by atoms with Gasteiger partial charge in [-0.15, -0.1) is 0 Å². The maximum absolute atomic E-state index is 12.4.